The highest BCUT2D eigenvalue weighted by Crippen LogP contribution is 2.27. The van der Waals surface area contributed by atoms with Gasteiger partial charge < -0.3 is 15.0 Å². The van der Waals surface area contributed by atoms with Crippen molar-refractivity contribution in [2.45, 2.75) is 27.2 Å². The second-order valence-electron chi connectivity index (χ2n) is 7.09. The van der Waals surface area contributed by atoms with E-state index in [0.29, 0.717) is 24.1 Å². The smallest absolute Gasteiger partial charge is 0.222 e. The molecule has 3 aromatic rings. The van der Waals surface area contributed by atoms with Crippen molar-refractivity contribution in [2.75, 3.05) is 25.5 Å². The molecule has 6 nitrogen and oxygen atoms in total. The van der Waals surface area contributed by atoms with Gasteiger partial charge in [0.2, 0.25) is 5.95 Å². The van der Waals surface area contributed by atoms with Gasteiger partial charge in [-0.3, -0.25) is 0 Å². The molecule has 7 heteroatoms. The number of aryl methyl sites for hydroxylation is 1. The fraction of sp³-hybridized carbons (Fsp3) is 0.381. The number of pyridine rings is 1. The Kier molecular flexibility index (Phi) is 6.36. The number of likely N-dealkylation sites (N-methyl/N-ethyl adjacent to an activating group) is 1. The minimum atomic E-state index is -0.355. The first-order valence-electron chi connectivity index (χ1n) is 9.61. The van der Waals surface area contributed by atoms with Crippen molar-refractivity contribution in [3.63, 3.8) is 0 Å². The van der Waals surface area contributed by atoms with Gasteiger partial charge in [0.1, 0.15) is 0 Å². The lowest BCUT2D eigenvalue weighted by molar-refractivity contribution is 0.629. The van der Waals surface area contributed by atoms with E-state index in [4.69, 9.17) is 4.98 Å². The molecule has 0 spiro atoms. The topological polar surface area (TPSA) is 67.1 Å². The molecule has 0 aliphatic carbocycles. The molecule has 0 amide bonds. The molecule has 28 heavy (non-hydrogen) atoms. The zero-order chi connectivity index (χ0) is 20.1. The third-order valence-corrected chi connectivity index (χ3v) is 4.43. The van der Waals surface area contributed by atoms with Crippen molar-refractivity contribution >= 4 is 17.2 Å². The Labute approximate surface area is 164 Å². The lowest BCUT2D eigenvalue weighted by atomic mass is 9.97. The maximum atomic E-state index is 14.5. The molecule has 0 bridgehead atoms. The lowest BCUT2D eigenvalue weighted by Gasteiger charge is -2.15. The number of anilines is 1. The number of hydrogen-bond donors (Lipinski definition) is 2. The summed E-state index contributed by atoms with van der Waals surface area (Å²) in [5, 5.41) is 6.39. The number of imidazole rings is 1. The normalized spacial score (nSPS) is 12.1. The summed E-state index contributed by atoms with van der Waals surface area (Å²) in [5.74, 6) is 0.773. The standard InChI is InChI=1S/C21H27FN6/c1-5-19-17(12-26-21(27-19)25-11-14(2)3)16(6-7-23-4)15-10-18(22)20-24-8-9-28(20)13-15/h6,8-10,12-14,23H,5,7,11H2,1-4H3,(H,25,26,27)/b16-6-. The van der Waals surface area contributed by atoms with Gasteiger partial charge in [-0.25, -0.2) is 19.3 Å². The Bertz CT molecular complexity index is 976. The third-order valence-electron chi connectivity index (χ3n) is 4.43. The monoisotopic (exact) mass is 382 g/mol. The quantitative estimate of drug-likeness (QED) is 0.624. The summed E-state index contributed by atoms with van der Waals surface area (Å²) in [6, 6.07) is 1.52. The Morgan fingerprint density at radius 1 is 1.32 bits per heavy atom. The molecule has 0 aliphatic rings. The van der Waals surface area contributed by atoms with Gasteiger partial charge in [-0.1, -0.05) is 26.8 Å². The van der Waals surface area contributed by atoms with E-state index in [0.717, 1.165) is 35.4 Å². The average molecular weight is 382 g/mol. The van der Waals surface area contributed by atoms with Crippen LogP contribution in [0.5, 0.6) is 0 Å². The second kappa shape index (κ2) is 8.93. The first-order chi connectivity index (χ1) is 13.5. The molecule has 0 unspecified atom stereocenters. The number of nitrogens with one attached hydrogen (secondary N) is 2. The molecule has 3 aromatic heterocycles. The molecule has 0 aliphatic heterocycles. The second-order valence-corrected chi connectivity index (χ2v) is 7.09. The third kappa shape index (κ3) is 4.36. The summed E-state index contributed by atoms with van der Waals surface area (Å²) in [7, 11) is 1.88. The maximum absolute atomic E-state index is 14.5. The summed E-state index contributed by atoms with van der Waals surface area (Å²) < 4.78 is 16.2. The van der Waals surface area contributed by atoms with Gasteiger partial charge in [0.15, 0.2) is 11.5 Å². The van der Waals surface area contributed by atoms with Crippen LogP contribution in [0.3, 0.4) is 0 Å². The van der Waals surface area contributed by atoms with Crippen molar-refractivity contribution in [2.24, 2.45) is 5.92 Å². The van der Waals surface area contributed by atoms with E-state index in [1.54, 1.807) is 16.8 Å². The molecule has 0 saturated heterocycles. The summed E-state index contributed by atoms with van der Waals surface area (Å²) in [5.41, 5.74) is 3.81. The van der Waals surface area contributed by atoms with E-state index in [2.05, 4.69) is 41.4 Å². The summed E-state index contributed by atoms with van der Waals surface area (Å²) in [6.07, 6.45) is 9.84. The zero-order valence-electron chi connectivity index (χ0n) is 16.8. The molecule has 3 rings (SSSR count). The molecule has 2 N–H and O–H groups in total. The van der Waals surface area contributed by atoms with Crippen LogP contribution < -0.4 is 10.6 Å². The van der Waals surface area contributed by atoms with Gasteiger partial charge in [0.25, 0.3) is 0 Å². The summed E-state index contributed by atoms with van der Waals surface area (Å²) in [6.45, 7) is 7.80. The lowest BCUT2D eigenvalue weighted by Crippen LogP contribution is -2.13. The Balaban J connectivity index is 2.06. The molecule has 3 heterocycles. The summed E-state index contributed by atoms with van der Waals surface area (Å²) in [4.78, 5) is 13.2. The van der Waals surface area contributed by atoms with Gasteiger partial charge in [-0.05, 0) is 31.0 Å². The maximum Gasteiger partial charge on any atom is 0.222 e. The first-order valence-corrected chi connectivity index (χ1v) is 9.61. The van der Waals surface area contributed by atoms with Gasteiger partial charge in [0.05, 0.1) is 5.69 Å². The van der Waals surface area contributed by atoms with Crippen LogP contribution in [0.1, 0.15) is 37.6 Å². The van der Waals surface area contributed by atoms with Crippen LogP contribution in [-0.4, -0.2) is 39.5 Å². The Morgan fingerprint density at radius 3 is 2.86 bits per heavy atom. The molecule has 0 saturated carbocycles. The zero-order valence-corrected chi connectivity index (χ0v) is 16.8. The van der Waals surface area contributed by atoms with Crippen LogP contribution in [0.15, 0.2) is 36.9 Å². The van der Waals surface area contributed by atoms with E-state index >= 15 is 0 Å². The molecule has 0 aromatic carbocycles. The van der Waals surface area contributed by atoms with E-state index in [1.165, 1.54) is 6.07 Å². The predicted octanol–water partition coefficient (Wildman–Crippen LogP) is 3.54. The van der Waals surface area contributed by atoms with Crippen molar-refractivity contribution in [1.82, 2.24) is 24.7 Å². The Morgan fingerprint density at radius 2 is 2.14 bits per heavy atom. The number of rotatable bonds is 8. The highest BCUT2D eigenvalue weighted by molar-refractivity contribution is 5.81. The highest BCUT2D eigenvalue weighted by Gasteiger charge is 2.15. The molecular weight excluding hydrogens is 355 g/mol. The molecular formula is C21H27FN6. The Hall–Kier alpha value is -2.80. The predicted molar refractivity (Wildman–Crippen MR) is 111 cm³/mol. The largest absolute Gasteiger partial charge is 0.354 e. The molecule has 0 atom stereocenters. The van der Waals surface area contributed by atoms with Crippen LogP contribution in [0.25, 0.3) is 11.2 Å². The van der Waals surface area contributed by atoms with Crippen molar-refractivity contribution in [3.05, 3.63) is 59.6 Å². The number of hydrogen-bond acceptors (Lipinski definition) is 5. The van der Waals surface area contributed by atoms with E-state index in [9.17, 15) is 4.39 Å². The first kappa shape index (κ1) is 19.9. The van der Waals surface area contributed by atoms with Gasteiger partial charge >= 0.3 is 0 Å². The minimum absolute atomic E-state index is 0.317. The fourth-order valence-corrected chi connectivity index (χ4v) is 3.02. The number of halogens is 1. The number of nitrogens with zero attached hydrogens (tertiary/aromatic N) is 4. The van der Waals surface area contributed by atoms with E-state index in [1.807, 2.05) is 25.5 Å². The van der Waals surface area contributed by atoms with Crippen LogP contribution in [0, 0.1) is 11.7 Å². The fourth-order valence-electron chi connectivity index (χ4n) is 3.02. The van der Waals surface area contributed by atoms with Crippen LogP contribution in [-0.2, 0) is 6.42 Å². The SMILES string of the molecule is CCc1nc(NCC(C)C)ncc1/C(=C\CNC)c1cc(F)c2nccn2c1. The summed E-state index contributed by atoms with van der Waals surface area (Å²) >= 11 is 0. The van der Waals surface area contributed by atoms with Crippen LogP contribution in [0.2, 0.25) is 0 Å². The van der Waals surface area contributed by atoms with Gasteiger partial charge in [-0.2, -0.15) is 0 Å². The van der Waals surface area contributed by atoms with Crippen LogP contribution in [0.4, 0.5) is 10.3 Å². The number of fused-ring (bicyclic) bond motifs is 1. The van der Waals surface area contributed by atoms with Gasteiger partial charge in [0, 0.05) is 49.0 Å². The van der Waals surface area contributed by atoms with Crippen LogP contribution >= 0.6 is 0 Å². The van der Waals surface area contributed by atoms with Crippen molar-refractivity contribution in [1.29, 1.82) is 0 Å². The minimum Gasteiger partial charge on any atom is -0.354 e. The van der Waals surface area contributed by atoms with E-state index < -0.39 is 0 Å². The average Bonchev–Trinajstić information content (AvgIpc) is 3.16. The van der Waals surface area contributed by atoms with E-state index in [-0.39, 0.29) is 5.82 Å². The highest BCUT2D eigenvalue weighted by atomic mass is 19.1. The van der Waals surface area contributed by atoms with Crippen molar-refractivity contribution in [3.8, 4) is 0 Å². The molecule has 148 valence electrons. The van der Waals surface area contributed by atoms with Crippen molar-refractivity contribution < 1.29 is 4.39 Å². The number of aromatic nitrogens is 4. The molecule has 0 radical (unpaired) electrons. The van der Waals surface area contributed by atoms with Gasteiger partial charge in [-0.15, -0.1) is 0 Å². The molecule has 0 fully saturated rings.